The van der Waals surface area contributed by atoms with E-state index < -0.39 is 9.84 Å². The molecular weight excluding hydrogens is 196 g/mol. The third kappa shape index (κ3) is 6.92. The molecule has 0 saturated carbocycles. The summed E-state index contributed by atoms with van der Waals surface area (Å²) in [6.45, 7) is 3.76. The molecule has 0 bridgehead atoms. The number of sulfone groups is 1. The van der Waals surface area contributed by atoms with Gasteiger partial charge in [0.2, 0.25) is 0 Å². The van der Waals surface area contributed by atoms with Gasteiger partial charge in [0.15, 0.2) is 0 Å². The molecule has 0 radical (unpaired) electrons. The minimum atomic E-state index is -2.79. The third-order valence-electron chi connectivity index (χ3n) is 1.57. The molecule has 0 heterocycles. The van der Waals surface area contributed by atoms with E-state index in [9.17, 15) is 8.42 Å². The molecule has 74 valence electrons. The molecule has 12 heavy (non-hydrogen) atoms. The predicted molar refractivity (Wildman–Crippen MR) is 53.5 cm³/mol. The van der Waals surface area contributed by atoms with Gasteiger partial charge in [-0.25, -0.2) is 8.42 Å². The van der Waals surface area contributed by atoms with Crippen LogP contribution in [0.2, 0.25) is 0 Å². The highest BCUT2D eigenvalue weighted by molar-refractivity contribution is 7.91. The molecule has 0 aliphatic carbocycles. The molecule has 0 fully saturated rings. The summed E-state index contributed by atoms with van der Waals surface area (Å²) in [6, 6.07) is 0. The number of hydrogen-bond donors (Lipinski definition) is 0. The van der Waals surface area contributed by atoms with Gasteiger partial charge in [0.1, 0.15) is 9.84 Å². The van der Waals surface area contributed by atoms with Gasteiger partial charge in [-0.15, -0.1) is 11.6 Å². The SMILES string of the molecule is CCCS(=O)(=O)CCCC(C)Cl. The number of halogens is 1. The lowest BCUT2D eigenvalue weighted by atomic mass is 10.3. The first-order valence-corrected chi connectivity index (χ1v) is 6.58. The van der Waals surface area contributed by atoms with Crippen LogP contribution in [0.1, 0.15) is 33.1 Å². The second-order valence-electron chi connectivity index (χ2n) is 3.07. The number of rotatable bonds is 6. The second kappa shape index (κ2) is 5.81. The van der Waals surface area contributed by atoms with Crippen LogP contribution >= 0.6 is 11.6 Å². The Kier molecular flexibility index (Phi) is 5.93. The van der Waals surface area contributed by atoms with Gasteiger partial charge < -0.3 is 0 Å². The van der Waals surface area contributed by atoms with Gasteiger partial charge in [0.05, 0.1) is 5.75 Å². The summed E-state index contributed by atoms with van der Waals surface area (Å²) in [4.78, 5) is 0. The van der Waals surface area contributed by atoms with Crippen molar-refractivity contribution in [3.63, 3.8) is 0 Å². The number of alkyl halides is 1. The maximum atomic E-state index is 11.2. The van der Waals surface area contributed by atoms with Crippen LogP contribution in [0.3, 0.4) is 0 Å². The Balaban J connectivity index is 3.62. The van der Waals surface area contributed by atoms with Crippen molar-refractivity contribution >= 4 is 21.4 Å². The molecule has 1 atom stereocenters. The lowest BCUT2D eigenvalue weighted by Crippen LogP contribution is -2.11. The zero-order valence-electron chi connectivity index (χ0n) is 7.72. The highest BCUT2D eigenvalue weighted by atomic mass is 35.5. The standard InChI is InChI=1S/C8H17ClO2S/c1-3-6-12(10,11)7-4-5-8(2)9/h8H,3-7H2,1-2H3. The maximum Gasteiger partial charge on any atom is 0.150 e. The topological polar surface area (TPSA) is 34.1 Å². The number of hydrogen-bond acceptors (Lipinski definition) is 2. The predicted octanol–water partition coefficient (Wildman–Crippen LogP) is 2.22. The molecule has 0 rings (SSSR count). The molecular formula is C8H17ClO2S. The van der Waals surface area contributed by atoms with E-state index in [0.717, 1.165) is 6.42 Å². The third-order valence-corrected chi connectivity index (χ3v) is 3.73. The Labute approximate surface area is 80.2 Å². The molecule has 0 aromatic carbocycles. The Morgan fingerprint density at radius 2 is 1.92 bits per heavy atom. The summed E-state index contributed by atoms with van der Waals surface area (Å²) in [5.41, 5.74) is 0. The van der Waals surface area contributed by atoms with Crippen molar-refractivity contribution < 1.29 is 8.42 Å². The van der Waals surface area contributed by atoms with Gasteiger partial charge in [-0.2, -0.15) is 0 Å². The molecule has 0 amide bonds. The Morgan fingerprint density at radius 3 is 2.33 bits per heavy atom. The first-order chi connectivity index (χ1) is 5.48. The van der Waals surface area contributed by atoms with Crippen molar-refractivity contribution in [1.29, 1.82) is 0 Å². The fraction of sp³-hybridized carbons (Fsp3) is 1.00. The molecule has 0 saturated heterocycles. The fourth-order valence-electron chi connectivity index (χ4n) is 0.998. The van der Waals surface area contributed by atoms with Crippen molar-refractivity contribution in [2.45, 2.75) is 38.5 Å². The summed E-state index contributed by atoms with van der Waals surface area (Å²) in [5.74, 6) is 0.599. The molecule has 0 spiro atoms. The summed E-state index contributed by atoms with van der Waals surface area (Å²) in [7, 11) is -2.79. The van der Waals surface area contributed by atoms with E-state index in [4.69, 9.17) is 11.6 Å². The van der Waals surface area contributed by atoms with Gasteiger partial charge in [-0.05, 0) is 26.2 Å². The quantitative estimate of drug-likeness (QED) is 0.633. The highest BCUT2D eigenvalue weighted by Gasteiger charge is 2.09. The average molecular weight is 213 g/mol. The minimum absolute atomic E-state index is 0.0850. The van der Waals surface area contributed by atoms with Crippen molar-refractivity contribution in [3.05, 3.63) is 0 Å². The van der Waals surface area contributed by atoms with Crippen LogP contribution in [0, 0.1) is 0 Å². The van der Waals surface area contributed by atoms with Gasteiger partial charge in [0, 0.05) is 11.1 Å². The normalized spacial score (nSPS) is 14.6. The maximum absolute atomic E-state index is 11.2. The average Bonchev–Trinajstić information content (AvgIpc) is 1.85. The molecule has 0 N–H and O–H groups in total. The molecule has 0 aromatic heterocycles. The van der Waals surface area contributed by atoms with Gasteiger partial charge in [0.25, 0.3) is 0 Å². The zero-order chi connectivity index (χ0) is 9.61. The highest BCUT2D eigenvalue weighted by Crippen LogP contribution is 2.06. The van der Waals surface area contributed by atoms with Crippen molar-refractivity contribution in [1.82, 2.24) is 0 Å². The minimum Gasteiger partial charge on any atom is -0.229 e. The van der Waals surface area contributed by atoms with Gasteiger partial charge in [-0.3, -0.25) is 0 Å². The molecule has 0 aliphatic rings. The van der Waals surface area contributed by atoms with Crippen molar-refractivity contribution in [2.75, 3.05) is 11.5 Å². The van der Waals surface area contributed by atoms with Crippen LogP contribution < -0.4 is 0 Å². The summed E-state index contributed by atoms with van der Waals surface area (Å²) >= 11 is 5.69. The summed E-state index contributed by atoms with van der Waals surface area (Å²) in [6.07, 6.45) is 2.18. The first-order valence-electron chi connectivity index (χ1n) is 4.32. The molecule has 0 aromatic rings. The van der Waals surface area contributed by atoms with E-state index in [0.29, 0.717) is 18.6 Å². The lowest BCUT2D eigenvalue weighted by molar-refractivity contribution is 0.590. The van der Waals surface area contributed by atoms with Crippen molar-refractivity contribution in [3.8, 4) is 0 Å². The summed E-state index contributed by atoms with van der Waals surface area (Å²) in [5, 5.41) is 0.0850. The molecule has 0 aliphatic heterocycles. The van der Waals surface area contributed by atoms with E-state index >= 15 is 0 Å². The summed E-state index contributed by atoms with van der Waals surface area (Å²) < 4.78 is 22.3. The van der Waals surface area contributed by atoms with E-state index in [2.05, 4.69) is 0 Å². The smallest absolute Gasteiger partial charge is 0.150 e. The second-order valence-corrected chi connectivity index (χ2v) is 6.12. The lowest BCUT2D eigenvalue weighted by Gasteiger charge is -2.03. The van der Waals surface area contributed by atoms with Crippen LogP contribution in [0.25, 0.3) is 0 Å². The van der Waals surface area contributed by atoms with E-state index in [1.54, 1.807) is 0 Å². The van der Waals surface area contributed by atoms with Crippen molar-refractivity contribution in [2.24, 2.45) is 0 Å². The molecule has 2 nitrogen and oxygen atoms in total. The molecule has 4 heteroatoms. The van der Waals surface area contributed by atoms with Crippen LogP contribution in [-0.4, -0.2) is 25.3 Å². The van der Waals surface area contributed by atoms with E-state index in [1.807, 2.05) is 13.8 Å². The van der Waals surface area contributed by atoms with Crippen LogP contribution in [0.4, 0.5) is 0 Å². The Hall–Kier alpha value is 0.240. The fourth-order valence-corrected chi connectivity index (χ4v) is 2.58. The van der Waals surface area contributed by atoms with Gasteiger partial charge in [-0.1, -0.05) is 6.92 Å². The zero-order valence-corrected chi connectivity index (χ0v) is 9.29. The monoisotopic (exact) mass is 212 g/mol. The first kappa shape index (κ1) is 12.2. The Bertz CT molecular complexity index is 197. The van der Waals surface area contributed by atoms with Crippen LogP contribution in [0.15, 0.2) is 0 Å². The van der Waals surface area contributed by atoms with E-state index in [-0.39, 0.29) is 11.1 Å². The molecule has 1 unspecified atom stereocenters. The largest absolute Gasteiger partial charge is 0.229 e. The Morgan fingerprint density at radius 1 is 1.33 bits per heavy atom. The van der Waals surface area contributed by atoms with E-state index in [1.165, 1.54) is 0 Å². The van der Waals surface area contributed by atoms with Gasteiger partial charge >= 0.3 is 0 Å². The van der Waals surface area contributed by atoms with Crippen LogP contribution in [-0.2, 0) is 9.84 Å². The van der Waals surface area contributed by atoms with Crippen LogP contribution in [0.5, 0.6) is 0 Å².